The second kappa shape index (κ2) is 9.13. The smallest absolute Gasteiger partial charge is 2.00 e. The van der Waals surface area contributed by atoms with E-state index in [1.807, 2.05) is 0 Å². The maximum Gasteiger partial charge on any atom is 4.00 e. The number of benzene rings is 1. The summed E-state index contributed by atoms with van der Waals surface area (Å²) in [6.07, 6.45) is 3.19. The van der Waals surface area contributed by atoms with E-state index in [0.29, 0.717) is 5.92 Å². The van der Waals surface area contributed by atoms with E-state index in [1.165, 1.54) is 16.8 Å². The fourth-order valence-corrected chi connectivity index (χ4v) is 3.09. The first kappa shape index (κ1) is 20.9. The maximum atomic E-state index is 10.9. The Bertz CT molecular complexity index is 511. The van der Waals surface area contributed by atoms with Gasteiger partial charge in [-0.25, -0.2) is 0 Å². The van der Waals surface area contributed by atoms with Crippen LogP contribution in [0.4, 0.5) is 5.69 Å². The van der Waals surface area contributed by atoms with Gasteiger partial charge in [0.15, 0.2) is 0 Å². The molecule has 2 heterocycles. The second-order valence-corrected chi connectivity index (χ2v) is 5.30. The molecule has 0 spiro atoms. The summed E-state index contributed by atoms with van der Waals surface area (Å²) >= 11 is 0. The van der Waals surface area contributed by atoms with Gasteiger partial charge in [0.05, 0.1) is 6.61 Å². The standard InChI is InChI=1S/C15H20N2O2.2O.Pt/c1-10(18)16-7-6-11-9-17-13-4-5-14-12(15(11)13)3-2-8-19-14;;;/h4-5,11,17H,2-3,6-9H2,1H3,(H,16,18);;;/q;2*-2;+4. The predicted molar refractivity (Wildman–Crippen MR) is 76.2 cm³/mol. The monoisotopic (exact) mass is 487 g/mol. The third-order valence-corrected chi connectivity index (χ3v) is 3.96. The summed E-state index contributed by atoms with van der Waals surface area (Å²) in [4.78, 5) is 10.9. The summed E-state index contributed by atoms with van der Waals surface area (Å²) < 4.78 is 5.74. The number of ether oxygens (including phenoxy) is 1. The zero-order chi connectivity index (χ0) is 13.2. The molecule has 1 atom stereocenters. The number of carbonyl (C=O) groups is 1. The first-order valence-electron chi connectivity index (χ1n) is 7.02. The predicted octanol–water partition coefficient (Wildman–Crippen LogP) is 1.81. The minimum Gasteiger partial charge on any atom is -2.00 e. The minimum atomic E-state index is 0. The van der Waals surface area contributed by atoms with Crippen molar-refractivity contribution in [1.29, 1.82) is 0 Å². The molecular weight excluding hydrogens is 467 g/mol. The molecule has 0 fully saturated rings. The first-order chi connectivity index (χ1) is 9.25. The maximum absolute atomic E-state index is 10.9. The van der Waals surface area contributed by atoms with Gasteiger partial charge in [0.25, 0.3) is 0 Å². The van der Waals surface area contributed by atoms with Crippen molar-refractivity contribution in [2.75, 3.05) is 25.0 Å². The molecular formula is C15H20N2O4Pt. The van der Waals surface area contributed by atoms with E-state index in [9.17, 15) is 4.79 Å². The van der Waals surface area contributed by atoms with E-state index in [1.54, 1.807) is 6.92 Å². The number of nitrogens with one attached hydrogen (secondary N) is 2. The van der Waals surface area contributed by atoms with Crippen LogP contribution in [0, 0.1) is 0 Å². The van der Waals surface area contributed by atoms with Crippen LogP contribution in [-0.4, -0.2) is 25.6 Å². The van der Waals surface area contributed by atoms with Crippen molar-refractivity contribution in [3.63, 3.8) is 0 Å². The Kier molecular flexibility index (Phi) is 8.67. The number of rotatable bonds is 3. The zero-order valence-corrected chi connectivity index (χ0v) is 14.7. The van der Waals surface area contributed by atoms with E-state index >= 15 is 0 Å². The molecule has 1 unspecified atom stereocenters. The number of hydrogen-bond acceptors (Lipinski definition) is 3. The zero-order valence-electron chi connectivity index (χ0n) is 12.4. The Morgan fingerprint density at radius 2 is 2.18 bits per heavy atom. The molecule has 7 heteroatoms. The van der Waals surface area contributed by atoms with E-state index in [-0.39, 0.29) is 37.9 Å². The van der Waals surface area contributed by atoms with Crippen molar-refractivity contribution in [3.8, 4) is 5.75 Å². The van der Waals surface area contributed by atoms with Crippen LogP contribution in [0.3, 0.4) is 0 Å². The van der Waals surface area contributed by atoms with Gasteiger partial charge in [0.2, 0.25) is 5.91 Å². The molecule has 124 valence electrons. The average Bonchev–Trinajstić information content (AvgIpc) is 2.82. The van der Waals surface area contributed by atoms with Crippen LogP contribution in [-0.2, 0) is 43.2 Å². The van der Waals surface area contributed by atoms with Gasteiger partial charge in [-0.1, -0.05) is 0 Å². The fourth-order valence-electron chi connectivity index (χ4n) is 3.09. The Morgan fingerprint density at radius 1 is 1.41 bits per heavy atom. The molecule has 0 saturated carbocycles. The van der Waals surface area contributed by atoms with Crippen LogP contribution in [0.15, 0.2) is 12.1 Å². The summed E-state index contributed by atoms with van der Waals surface area (Å²) in [5.74, 6) is 1.58. The van der Waals surface area contributed by atoms with E-state index < -0.39 is 0 Å². The van der Waals surface area contributed by atoms with Crippen LogP contribution in [0.25, 0.3) is 0 Å². The number of carbonyl (C=O) groups excluding carboxylic acids is 1. The van der Waals surface area contributed by atoms with Gasteiger partial charge < -0.3 is 26.3 Å². The number of anilines is 1. The van der Waals surface area contributed by atoms with Gasteiger partial charge in [0, 0.05) is 31.6 Å². The molecule has 1 aromatic rings. The molecule has 3 rings (SSSR count). The van der Waals surface area contributed by atoms with Crippen molar-refractivity contribution < 1.29 is 41.5 Å². The van der Waals surface area contributed by atoms with Gasteiger partial charge in [-0.3, -0.25) is 4.79 Å². The number of hydrogen-bond donors (Lipinski definition) is 2. The molecule has 0 aliphatic carbocycles. The first-order valence-corrected chi connectivity index (χ1v) is 7.02. The van der Waals surface area contributed by atoms with Crippen molar-refractivity contribution >= 4 is 11.6 Å². The Morgan fingerprint density at radius 3 is 2.91 bits per heavy atom. The van der Waals surface area contributed by atoms with E-state index in [0.717, 1.165) is 44.7 Å². The Labute approximate surface area is 144 Å². The average molecular weight is 487 g/mol. The van der Waals surface area contributed by atoms with Crippen molar-refractivity contribution in [2.24, 2.45) is 0 Å². The molecule has 0 bridgehead atoms. The number of amides is 1. The van der Waals surface area contributed by atoms with Crippen molar-refractivity contribution in [1.82, 2.24) is 5.32 Å². The van der Waals surface area contributed by atoms with E-state index in [2.05, 4.69) is 22.8 Å². The van der Waals surface area contributed by atoms with Gasteiger partial charge in [-0.2, -0.15) is 0 Å². The van der Waals surface area contributed by atoms with Crippen LogP contribution in [0.5, 0.6) is 5.75 Å². The topological polar surface area (TPSA) is 107 Å². The van der Waals surface area contributed by atoms with Gasteiger partial charge in [-0.05, 0) is 42.5 Å². The molecule has 22 heavy (non-hydrogen) atoms. The largest absolute Gasteiger partial charge is 4.00 e. The molecule has 2 aliphatic heterocycles. The Balaban J connectivity index is 0.00000147. The van der Waals surface area contributed by atoms with Crippen molar-refractivity contribution in [3.05, 3.63) is 23.3 Å². The molecule has 6 nitrogen and oxygen atoms in total. The van der Waals surface area contributed by atoms with Gasteiger partial charge in [-0.15, -0.1) is 0 Å². The third-order valence-electron chi connectivity index (χ3n) is 3.96. The van der Waals surface area contributed by atoms with E-state index in [4.69, 9.17) is 4.74 Å². The quantitative estimate of drug-likeness (QED) is 0.679. The molecule has 0 radical (unpaired) electrons. The molecule has 1 amide bonds. The second-order valence-electron chi connectivity index (χ2n) is 5.30. The molecule has 0 aromatic heterocycles. The van der Waals surface area contributed by atoms with Crippen LogP contribution >= 0.6 is 0 Å². The molecule has 1 aromatic carbocycles. The van der Waals surface area contributed by atoms with Crippen molar-refractivity contribution in [2.45, 2.75) is 32.1 Å². The summed E-state index contributed by atoms with van der Waals surface area (Å²) in [6.45, 7) is 4.10. The van der Waals surface area contributed by atoms with Crippen LogP contribution in [0.2, 0.25) is 0 Å². The minimum absolute atomic E-state index is 0. The molecule has 2 N–H and O–H groups in total. The normalized spacial score (nSPS) is 17.2. The SMILES string of the molecule is CC(=O)NCCC1CNc2ccc3c(c21)CCCO3.[O-2].[O-2].[Pt+4]. The number of fused-ring (bicyclic) bond motifs is 3. The van der Waals surface area contributed by atoms with Gasteiger partial charge >= 0.3 is 21.1 Å². The van der Waals surface area contributed by atoms with Crippen LogP contribution < -0.4 is 15.4 Å². The molecule has 2 aliphatic rings. The fraction of sp³-hybridized carbons (Fsp3) is 0.533. The van der Waals surface area contributed by atoms with Gasteiger partial charge in [0.1, 0.15) is 5.75 Å². The van der Waals surface area contributed by atoms with Crippen LogP contribution in [0.1, 0.15) is 36.8 Å². The summed E-state index contributed by atoms with van der Waals surface area (Å²) in [5, 5.41) is 6.36. The summed E-state index contributed by atoms with van der Waals surface area (Å²) in [5.41, 5.74) is 4.04. The summed E-state index contributed by atoms with van der Waals surface area (Å²) in [6, 6.07) is 4.20. The Hall–Kier alpha value is -1.10. The molecule has 0 saturated heterocycles. The summed E-state index contributed by atoms with van der Waals surface area (Å²) in [7, 11) is 0. The third kappa shape index (κ3) is 4.22.